The molecule has 5 nitrogen and oxygen atoms in total. The quantitative estimate of drug-likeness (QED) is 0.249. The van der Waals surface area contributed by atoms with Crippen LogP contribution in [0.25, 0.3) is 0 Å². The van der Waals surface area contributed by atoms with Crippen molar-refractivity contribution in [2.75, 3.05) is 13.1 Å². The van der Waals surface area contributed by atoms with Crippen LogP contribution in [-0.4, -0.2) is 35.1 Å². The molecule has 0 unspecified atom stereocenters. The van der Waals surface area contributed by atoms with E-state index in [1.807, 2.05) is 0 Å². The summed E-state index contributed by atoms with van der Waals surface area (Å²) in [4.78, 5) is 23.3. The zero-order chi connectivity index (χ0) is 20.2. The summed E-state index contributed by atoms with van der Waals surface area (Å²) in [6.07, 6.45) is 21.0. The van der Waals surface area contributed by atoms with Gasteiger partial charge in [-0.15, -0.1) is 0 Å². The first-order valence-corrected chi connectivity index (χ1v) is 11.3. The highest BCUT2D eigenvalue weighted by molar-refractivity contribution is 5.73. The van der Waals surface area contributed by atoms with Crippen LogP contribution in [0.5, 0.6) is 0 Å². The number of hydrogen-bond acceptors (Lipinski definition) is 2. The molecule has 0 fully saturated rings. The van der Waals surface area contributed by atoms with Crippen molar-refractivity contribution in [2.45, 2.75) is 116 Å². The minimum absolute atomic E-state index is 0.0399. The summed E-state index contributed by atoms with van der Waals surface area (Å²) in [6, 6.07) is -0.516. The van der Waals surface area contributed by atoms with Crippen molar-refractivity contribution < 1.29 is 14.7 Å². The average molecular weight is 385 g/mol. The van der Waals surface area contributed by atoms with Gasteiger partial charge in [0.2, 0.25) is 0 Å². The third kappa shape index (κ3) is 19.3. The lowest BCUT2D eigenvalue weighted by molar-refractivity contribution is -0.137. The van der Waals surface area contributed by atoms with Crippen molar-refractivity contribution in [2.24, 2.45) is 5.73 Å². The maximum Gasteiger partial charge on any atom is 0.314 e. The maximum absolute atomic E-state index is 11.3. The van der Waals surface area contributed by atoms with Crippen LogP contribution in [-0.2, 0) is 4.79 Å². The highest BCUT2D eigenvalue weighted by Gasteiger charge is 2.10. The molecule has 0 spiro atoms. The van der Waals surface area contributed by atoms with Gasteiger partial charge < -0.3 is 15.7 Å². The Balaban J connectivity index is 3.30. The summed E-state index contributed by atoms with van der Waals surface area (Å²) >= 11 is 0. The number of urea groups is 1. The van der Waals surface area contributed by atoms with Gasteiger partial charge in [0.05, 0.1) is 6.42 Å². The molecule has 0 aliphatic carbocycles. The van der Waals surface area contributed by atoms with Crippen LogP contribution in [0, 0.1) is 0 Å². The number of carbonyl (C=O) groups is 2. The minimum Gasteiger partial charge on any atom is -0.481 e. The van der Waals surface area contributed by atoms with E-state index in [4.69, 9.17) is 10.8 Å². The Morgan fingerprint density at radius 2 is 1.04 bits per heavy atom. The van der Waals surface area contributed by atoms with E-state index in [2.05, 4.69) is 6.92 Å². The van der Waals surface area contributed by atoms with Gasteiger partial charge in [0, 0.05) is 13.1 Å². The standard InChI is InChI=1S/C22H44N2O3/c1-2-3-4-5-6-7-8-9-10-11-12-13-14-15-16-17-19-24(22(23)27)20-18-21(25)26/h2-20H2,1H3,(H2,23,27)(H,25,26). The molecule has 0 bridgehead atoms. The number of hydrogen-bond donors (Lipinski definition) is 2. The summed E-state index contributed by atoms with van der Waals surface area (Å²) in [5.74, 6) is -0.895. The molecule has 0 rings (SSSR count). The molecule has 27 heavy (non-hydrogen) atoms. The Kier molecular flexibility index (Phi) is 18.6. The molecule has 2 amide bonds. The summed E-state index contributed by atoms with van der Waals surface area (Å²) in [5, 5.41) is 8.68. The second-order valence-electron chi connectivity index (χ2n) is 7.77. The van der Waals surface area contributed by atoms with E-state index in [0.717, 1.165) is 12.8 Å². The lowest BCUT2D eigenvalue weighted by Crippen LogP contribution is -2.37. The van der Waals surface area contributed by atoms with Gasteiger partial charge in [-0.2, -0.15) is 0 Å². The maximum atomic E-state index is 11.3. The van der Waals surface area contributed by atoms with E-state index in [1.165, 1.54) is 94.8 Å². The van der Waals surface area contributed by atoms with Crippen LogP contribution < -0.4 is 5.73 Å². The molecule has 3 N–H and O–H groups in total. The van der Waals surface area contributed by atoms with E-state index >= 15 is 0 Å². The molecule has 0 aromatic rings. The number of rotatable bonds is 20. The number of aliphatic carboxylic acids is 1. The smallest absolute Gasteiger partial charge is 0.314 e. The van der Waals surface area contributed by atoms with E-state index in [1.54, 1.807) is 0 Å². The van der Waals surface area contributed by atoms with Gasteiger partial charge >= 0.3 is 12.0 Å². The lowest BCUT2D eigenvalue weighted by Gasteiger charge is -2.19. The molecular formula is C22H44N2O3. The normalized spacial score (nSPS) is 10.9. The molecule has 0 radical (unpaired) electrons. The predicted octanol–water partition coefficient (Wildman–Crippen LogP) is 6.10. The highest BCUT2D eigenvalue weighted by Crippen LogP contribution is 2.13. The van der Waals surface area contributed by atoms with Gasteiger partial charge in [0.1, 0.15) is 0 Å². The van der Waals surface area contributed by atoms with Gasteiger partial charge in [0.15, 0.2) is 0 Å². The largest absolute Gasteiger partial charge is 0.481 e. The Labute approximate surface area is 167 Å². The van der Waals surface area contributed by atoms with Crippen LogP contribution in [0.4, 0.5) is 4.79 Å². The van der Waals surface area contributed by atoms with Crippen LogP contribution in [0.3, 0.4) is 0 Å². The first kappa shape index (κ1) is 25.7. The van der Waals surface area contributed by atoms with Crippen molar-refractivity contribution in [3.8, 4) is 0 Å². The number of carbonyl (C=O) groups excluding carboxylic acids is 1. The molecule has 160 valence electrons. The lowest BCUT2D eigenvalue weighted by atomic mass is 10.0. The first-order valence-electron chi connectivity index (χ1n) is 11.3. The molecular weight excluding hydrogens is 340 g/mol. The number of primary amides is 1. The monoisotopic (exact) mass is 384 g/mol. The number of unbranched alkanes of at least 4 members (excludes halogenated alkanes) is 15. The van der Waals surface area contributed by atoms with Gasteiger partial charge in [-0.25, -0.2) is 4.79 Å². The Bertz CT molecular complexity index is 361. The van der Waals surface area contributed by atoms with Crippen LogP contribution >= 0.6 is 0 Å². The van der Waals surface area contributed by atoms with E-state index in [9.17, 15) is 9.59 Å². The Morgan fingerprint density at radius 3 is 1.37 bits per heavy atom. The van der Waals surface area contributed by atoms with Crippen LogP contribution in [0.2, 0.25) is 0 Å². The van der Waals surface area contributed by atoms with Gasteiger partial charge in [-0.1, -0.05) is 103 Å². The molecule has 0 aromatic heterocycles. The second-order valence-corrected chi connectivity index (χ2v) is 7.77. The van der Waals surface area contributed by atoms with Gasteiger partial charge in [0.25, 0.3) is 0 Å². The molecule has 0 atom stereocenters. The van der Waals surface area contributed by atoms with Gasteiger partial charge in [-0.05, 0) is 6.42 Å². The Morgan fingerprint density at radius 1 is 0.667 bits per heavy atom. The van der Waals surface area contributed by atoms with Crippen molar-refractivity contribution >= 4 is 12.0 Å². The fourth-order valence-corrected chi connectivity index (χ4v) is 3.41. The van der Waals surface area contributed by atoms with E-state index < -0.39 is 12.0 Å². The van der Waals surface area contributed by atoms with Crippen molar-refractivity contribution in [1.29, 1.82) is 0 Å². The zero-order valence-electron chi connectivity index (χ0n) is 17.7. The van der Waals surface area contributed by atoms with E-state index in [-0.39, 0.29) is 13.0 Å². The fourth-order valence-electron chi connectivity index (χ4n) is 3.41. The molecule has 0 aliphatic heterocycles. The number of amides is 2. The van der Waals surface area contributed by atoms with Crippen molar-refractivity contribution in [3.63, 3.8) is 0 Å². The number of carboxylic acid groups (broad SMARTS) is 1. The molecule has 5 heteroatoms. The third-order valence-electron chi connectivity index (χ3n) is 5.19. The molecule has 0 heterocycles. The number of nitrogens with two attached hydrogens (primary N) is 1. The predicted molar refractivity (Wildman–Crippen MR) is 113 cm³/mol. The van der Waals surface area contributed by atoms with Crippen LogP contribution in [0.15, 0.2) is 0 Å². The number of carboxylic acids is 1. The molecule has 0 saturated carbocycles. The summed E-state index contributed by atoms with van der Waals surface area (Å²) in [5.41, 5.74) is 5.28. The minimum atomic E-state index is -0.895. The topological polar surface area (TPSA) is 83.6 Å². The van der Waals surface area contributed by atoms with E-state index in [0.29, 0.717) is 6.54 Å². The molecule has 0 saturated heterocycles. The highest BCUT2D eigenvalue weighted by atomic mass is 16.4. The fraction of sp³-hybridized carbons (Fsp3) is 0.909. The van der Waals surface area contributed by atoms with Gasteiger partial charge in [-0.3, -0.25) is 4.79 Å². The number of nitrogens with zero attached hydrogens (tertiary/aromatic N) is 1. The molecule has 0 aliphatic rings. The van der Waals surface area contributed by atoms with Crippen molar-refractivity contribution in [3.05, 3.63) is 0 Å². The summed E-state index contributed by atoms with van der Waals surface area (Å²) < 4.78 is 0. The average Bonchev–Trinajstić information content (AvgIpc) is 2.63. The molecule has 0 aromatic carbocycles. The third-order valence-corrected chi connectivity index (χ3v) is 5.19. The van der Waals surface area contributed by atoms with Crippen LogP contribution in [0.1, 0.15) is 116 Å². The Hall–Kier alpha value is -1.26. The first-order chi connectivity index (χ1) is 13.1. The SMILES string of the molecule is CCCCCCCCCCCCCCCCCCN(CCC(=O)O)C(N)=O. The summed E-state index contributed by atoms with van der Waals surface area (Å²) in [7, 11) is 0. The van der Waals surface area contributed by atoms with Crippen molar-refractivity contribution in [1.82, 2.24) is 4.90 Å². The summed E-state index contributed by atoms with van der Waals surface area (Å²) in [6.45, 7) is 3.05. The second kappa shape index (κ2) is 19.5. The zero-order valence-corrected chi connectivity index (χ0v) is 17.7.